The average Bonchev–Trinajstić information content (AvgIpc) is 2.48. The summed E-state index contributed by atoms with van der Waals surface area (Å²) in [5, 5.41) is 0.597. The minimum atomic E-state index is -3.40. The maximum Gasteiger partial charge on any atom is 0.216 e. The van der Waals surface area contributed by atoms with Gasteiger partial charge >= 0.3 is 0 Å². The van der Waals surface area contributed by atoms with Gasteiger partial charge in [-0.1, -0.05) is 61.0 Å². The lowest BCUT2D eigenvalue weighted by molar-refractivity contribution is 0.549. The highest BCUT2D eigenvalue weighted by molar-refractivity contribution is 7.88. The van der Waals surface area contributed by atoms with Crippen LogP contribution < -0.4 is 4.72 Å². The summed E-state index contributed by atoms with van der Waals surface area (Å²) < 4.78 is 27.3. The molecule has 0 aliphatic carbocycles. The summed E-state index contributed by atoms with van der Waals surface area (Å²) in [5.41, 5.74) is 1.69. The molecule has 0 aliphatic rings. The molecule has 3 nitrogen and oxygen atoms in total. The normalized spacial score (nSPS) is 13.0. The number of rotatable bonds is 6. The van der Waals surface area contributed by atoms with Crippen LogP contribution in [0.4, 0.5) is 0 Å². The van der Waals surface area contributed by atoms with Crippen molar-refractivity contribution in [3.63, 3.8) is 0 Å². The van der Waals surface area contributed by atoms with Gasteiger partial charge in [0.25, 0.3) is 0 Å². The first-order valence-corrected chi connectivity index (χ1v) is 8.82. The van der Waals surface area contributed by atoms with Crippen molar-refractivity contribution < 1.29 is 8.42 Å². The molecule has 2 aromatic carbocycles. The van der Waals surface area contributed by atoms with Gasteiger partial charge < -0.3 is 0 Å². The molecule has 0 saturated heterocycles. The summed E-state index contributed by atoms with van der Waals surface area (Å²) in [6.07, 6.45) is 0.698. The van der Waals surface area contributed by atoms with Crippen LogP contribution in [0.15, 0.2) is 54.6 Å². The van der Waals surface area contributed by atoms with Gasteiger partial charge in [0.05, 0.1) is 5.75 Å². The van der Waals surface area contributed by atoms with E-state index in [2.05, 4.69) is 4.72 Å². The molecule has 0 spiro atoms. The van der Waals surface area contributed by atoms with Crippen molar-refractivity contribution in [1.82, 2.24) is 4.72 Å². The van der Waals surface area contributed by atoms with Gasteiger partial charge in [-0.3, -0.25) is 0 Å². The predicted molar refractivity (Wildman–Crippen MR) is 86.7 cm³/mol. The van der Waals surface area contributed by atoms with Crippen LogP contribution in [0.3, 0.4) is 0 Å². The van der Waals surface area contributed by atoms with Crippen LogP contribution in [-0.4, -0.2) is 8.42 Å². The van der Waals surface area contributed by atoms with Gasteiger partial charge in [0, 0.05) is 11.1 Å². The third-order valence-corrected chi connectivity index (χ3v) is 4.81. The van der Waals surface area contributed by atoms with E-state index in [9.17, 15) is 8.42 Å². The van der Waals surface area contributed by atoms with Crippen LogP contribution in [-0.2, 0) is 15.8 Å². The molecule has 0 heterocycles. The summed E-state index contributed by atoms with van der Waals surface area (Å²) in [4.78, 5) is 0. The van der Waals surface area contributed by atoms with Gasteiger partial charge in [0.2, 0.25) is 10.0 Å². The molecular formula is C16H18ClNO2S. The van der Waals surface area contributed by atoms with Crippen LogP contribution in [0.1, 0.15) is 30.5 Å². The van der Waals surface area contributed by atoms with Gasteiger partial charge in [-0.15, -0.1) is 0 Å². The highest BCUT2D eigenvalue weighted by Crippen LogP contribution is 2.19. The molecule has 0 unspecified atom stereocenters. The number of nitrogens with one attached hydrogen (secondary N) is 1. The monoisotopic (exact) mass is 323 g/mol. The number of sulfonamides is 1. The Morgan fingerprint density at radius 2 is 1.67 bits per heavy atom. The molecule has 21 heavy (non-hydrogen) atoms. The van der Waals surface area contributed by atoms with E-state index in [1.54, 1.807) is 24.3 Å². The number of benzene rings is 2. The molecule has 112 valence electrons. The Bertz CT molecular complexity index is 669. The fourth-order valence-electron chi connectivity index (χ4n) is 2.13. The Balaban J connectivity index is 2.10. The van der Waals surface area contributed by atoms with E-state index < -0.39 is 10.0 Å². The average molecular weight is 324 g/mol. The van der Waals surface area contributed by atoms with Gasteiger partial charge in [0.15, 0.2) is 0 Å². The molecule has 1 N–H and O–H groups in total. The van der Waals surface area contributed by atoms with Gasteiger partial charge in [0.1, 0.15) is 0 Å². The molecule has 5 heteroatoms. The Morgan fingerprint density at radius 1 is 1.05 bits per heavy atom. The second-order valence-electron chi connectivity index (χ2n) is 4.87. The van der Waals surface area contributed by atoms with Crippen molar-refractivity contribution in [1.29, 1.82) is 0 Å². The Hall–Kier alpha value is -1.36. The summed E-state index contributed by atoms with van der Waals surface area (Å²) in [6.45, 7) is 1.96. The second-order valence-corrected chi connectivity index (χ2v) is 7.07. The minimum Gasteiger partial charge on any atom is -0.212 e. The predicted octanol–water partition coefficient (Wildman–Crippen LogP) is 3.91. The van der Waals surface area contributed by atoms with Crippen molar-refractivity contribution in [3.05, 3.63) is 70.7 Å². The first kappa shape index (κ1) is 16.0. The first-order chi connectivity index (χ1) is 10.00. The van der Waals surface area contributed by atoms with Crippen molar-refractivity contribution in [2.24, 2.45) is 0 Å². The van der Waals surface area contributed by atoms with E-state index >= 15 is 0 Å². The SMILES string of the molecule is CC[C@H](NS(=O)(=O)Cc1ccc(Cl)cc1)c1ccccc1. The van der Waals surface area contributed by atoms with Crippen molar-refractivity contribution in [3.8, 4) is 0 Å². The molecule has 1 atom stereocenters. The molecule has 0 bridgehead atoms. The lowest BCUT2D eigenvalue weighted by Gasteiger charge is -2.17. The molecule has 0 fully saturated rings. The third-order valence-electron chi connectivity index (χ3n) is 3.20. The smallest absolute Gasteiger partial charge is 0.212 e. The molecular weight excluding hydrogens is 306 g/mol. The van der Waals surface area contributed by atoms with Crippen LogP contribution in [0.2, 0.25) is 5.02 Å². The molecule has 2 rings (SSSR count). The molecule has 2 aromatic rings. The number of hydrogen-bond donors (Lipinski definition) is 1. The van der Waals surface area contributed by atoms with Crippen molar-refractivity contribution in [2.45, 2.75) is 25.1 Å². The van der Waals surface area contributed by atoms with Crippen molar-refractivity contribution in [2.75, 3.05) is 0 Å². The Kier molecular flexibility index (Phi) is 5.39. The quantitative estimate of drug-likeness (QED) is 0.876. The fraction of sp³-hybridized carbons (Fsp3) is 0.250. The molecule has 0 aromatic heterocycles. The zero-order valence-electron chi connectivity index (χ0n) is 11.8. The molecule has 0 amide bonds. The van der Waals surface area contributed by atoms with E-state index in [0.29, 0.717) is 11.4 Å². The van der Waals surface area contributed by atoms with E-state index in [-0.39, 0.29) is 11.8 Å². The van der Waals surface area contributed by atoms with E-state index in [1.165, 1.54) is 0 Å². The Morgan fingerprint density at radius 3 is 2.24 bits per heavy atom. The summed E-state index contributed by atoms with van der Waals surface area (Å²) in [6, 6.07) is 16.2. The molecule has 0 aliphatic heterocycles. The van der Waals surface area contributed by atoms with E-state index in [4.69, 9.17) is 11.6 Å². The van der Waals surface area contributed by atoms with Crippen LogP contribution in [0.5, 0.6) is 0 Å². The number of halogens is 1. The second kappa shape index (κ2) is 7.07. The molecule has 0 radical (unpaired) electrons. The number of hydrogen-bond acceptors (Lipinski definition) is 2. The first-order valence-electron chi connectivity index (χ1n) is 6.79. The summed E-state index contributed by atoms with van der Waals surface area (Å²) in [7, 11) is -3.40. The maximum absolute atomic E-state index is 12.3. The third kappa shape index (κ3) is 4.84. The van der Waals surface area contributed by atoms with Gasteiger partial charge in [-0.25, -0.2) is 13.1 Å². The van der Waals surface area contributed by atoms with Gasteiger partial charge in [-0.2, -0.15) is 0 Å². The van der Waals surface area contributed by atoms with Crippen molar-refractivity contribution >= 4 is 21.6 Å². The van der Waals surface area contributed by atoms with Gasteiger partial charge in [-0.05, 0) is 29.7 Å². The van der Waals surface area contributed by atoms with Crippen LogP contribution in [0.25, 0.3) is 0 Å². The highest BCUT2D eigenvalue weighted by Gasteiger charge is 2.18. The fourth-order valence-corrected chi connectivity index (χ4v) is 3.71. The van der Waals surface area contributed by atoms with Crippen LogP contribution in [0, 0.1) is 0 Å². The summed E-state index contributed by atoms with van der Waals surface area (Å²) >= 11 is 5.80. The Labute approximate surface area is 131 Å². The molecule has 0 saturated carbocycles. The topological polar surface area (TPSA) is 46.2 Å². The lowest BCUT2D eigenvalue weighted by atomic mass is 10.1. The van der Waals surface area contributed by atoms with E-state index in [0.717, 1.165) is 11.1 Å². The van der Waals surface area contributed by atoms with E-state index in [1.807, 2.05) is 37.3 Å². The highest BCUT2D eigenvalue weighted by atomic mass is 35.5. The lowest BCUT2D eigenvalue weighted by Crippen LogP contribution is -2.29. The standard InChI is InChI=1S/C16H18ClNO2S/c1-2-16(14-6-4-3-5-7-14)18-21(19,20)12-13-8-10-15(17)11-9-13/h3-11,16,18H,2,12H2,1H3/t16-/m0/s1. The maximum atomic E-state index is 12.3. The minimum absolute atomic E-state index is 0.0481. The largest absolute Gasteiger partial charge is 0.216 e. The van der Waals surface area contributed by atoms with Crippen LogP contribution >= 0.6 is 11.6 Å². The zero-order valence-corrected chi connectivity index (χ0v) is 13.4. The summed E-state index contributed by atoms with van der Waals surface area (Å²) in [5.74, 6) is -0.0481. The zero-order chi connectivity index (χ0) is 15.3.